The van der Waals surface area contributed by atoms with Crippen molar-refractivity contribution in [3.05, 3.63) is 60.3 Å². The van der Waals surface area contributed by atoms with Crippen LogP contribution in [-0.2, 0) is 16.8 Å². The molecule has 0 atom stereocenters. The highest BCUT2D eigenvalue weighted by Gasteiger charge is 2.43. The van der Waals surface area contributed by atoms with E-state index in [0.717, 1.165) is 67.2 Å². The summed E-state index contributed by atoms with van der Waals surface area (Å²) < 4.78 is 8.38. The zero-order valence-electron chi connectivity index (χ0n) is 16.0. The number of para-hydroxylation sites is 1. The first kappa shape index (κ1) is 16.7. The Morgan fingerprint density at radius 2 is 1.93 bits per heavy atom. The molecule has 1 N–H and O–H groups in total. The van der Waals surface area contributed by atoms with Crippen molar-refractivity contribution in [2.45, 2.75) is 24.9 Å². The number of ether oxygens (including phenoxy) is 1. The summed E-state index contributed by atoms with van der Waals surface area (Å²) in [7, 11) is 0. The molecule has 29 heavy (non-hydrogen) atoms. The highest BCUT2D eigenvalue weighted by Crippen LogP contribution is 2.42. The van der Waals surface area contributed by atoms with Crippen LogP contribution in [0.4, 0.5) is 5.82 Å². The lowest BCUT2D eigenvalue weighted by Gasteiger charge is -2.43. The van der Waals surface area contributed by atoms with Gasteiger partial charge in [0, 0.05) is 19.3 Å². The average molecular weight is 387 g/mol. The van der Waals surface area contributed by atoms with Gasteiger partial charge in [0.25, 0.3) is 0 Å². The van der Waals surface area contributed by atoms with Gasteiger partial charge in [0.05, 0.1) is 29.6 Å². The maximum absolute atomic E-state index is 6.39. The zero-order valence-corrected chi connectivity index (χ0v) is 16.0. The molecule has 0 amide bonds. The Morgan fingerprint density at radius 3 is 2.79 bits per heavy atom. The van der Waals surface area contributed by atoms with Gasteiger partial charge in [-0.1, -0.05) is 18.2 Å². The normalized spacial score (nSPS) is 18.3. The van der Waals surface area contributed by atoms with E-state index in [9.17, 15) is 0 Å². The fourth-order valence-electron chi connectivity index (χ4n) is 4.58. The standard InChI is InChI=1S/C21H21N7O/c1-2-4-16(5-3-1)28-13-15-6-11-29-21(18(15)26-28)7-9-27(10-8-21)20-17-12-24-25-19(17)22-14-23-20/h1-5,12-14H,6-11H2,(H,22,23,24,25). The minimum atomic E-state index is -0.313. The number of nitrogens with one attached hydrogen (secondary N) is 1. The Kier molecular flexibility index (Phi) is 3.67. The van der Waals surface area contributed by atoms with Gasteiger partial charge >= 0.3 is 0 Å². The van der Waals surface area contributed by atoms with Crippen molar-refractivity contribution in [2.24, 2.45) is 0 Å². The number of rotatable bonds is 2. The van der Waals surface area contributed by atoms with Gasteiger partial charge in [0.1, 0.15) is 17.7 Å². The van der Waals surface area contributed by atoms with Crippen LogP contribution >= 0.6 is 0 Å². The molecular weight excluding hydrogens is 366 g/mol. The van der Waals surface area contributed by atoms with Crippen LogP contribution in [0, 0.1) is 0 Å². The van der Waals surface area contributed by atoms with Crippen LogP contribution in [0.25, 0.3) is 16.7 Å². The van der Waals surface area contributed by atoms with Crippen LogP contribution in [-0.4, -0.2) is 49.6 Å². The van der Waals surface area contributed by atoms with Gasteiger partial charge in [-0.2, -0.15) is 10.2 Å². The van der Waals surface area contributed by atoms with E-state index < -0.39 is 0 Å². The minimum absolute atomic E-state index is 0.313. The van der Waals surface area contributed by atoms with Gasteiger partial charge in [-0.3, -0.25) is 5.10 Å². The zero-order chi connectivity index (χ0) is 19.3. The topological polar surface area (TPSA) is 84.8 Å². The van der Waals surface area contributed by atoms with E-state index in [1.165, 1.54) is 5.56 Å². The predicted molar refractivity (Wildman–Crippen MR) is 108 cm³/mol. The van der Waals surface area contributed by atoms with Crippen molar-refractivity contribution >= 4 is 16.9 Å². The monoisotopic (exact) mass is 387 g/mol. The van der Waals surface area contributed by atoms with Crippen molar-refractivity contribution in [1.29, 1.82) is 0 Å². The molecule has 146 valence electrons. The molecule has 2 aliphatic heterocycles. The molecule has 3 aromatic heterocycles. The summed E-state index contributed by atoms with van der Waals surface area (Å²) in [4.78, 5) is 11.1. The molecule has 5 heterocycles. The number of piperidine rings is 1. The van der Waals surface area contributed by atoms with Crippen molar-refractivity contribution in [3.63, 3.8) is 0 Å². The molecule has 8 nitrogen and oxygen atoms in total. The first-order chi connectivity index (χ1) is 14.3. The summed E-state index contributed by atoms with van der Waals surface area (Å²) in [6, 6.07) is 10.3. The number of hydrogen-bond donors (Lipinski definition) is 1. The van der Waals surface area contributed by atoms with Crippen molar-refractivity contribution < 1.29 is 4.74 Å². The van der Waals surface area contributed by atoms with Crippen molar-refractivity contribution in [1.82, 2.24) is 29.9 Å². The molecule has 2 aliphatic rings. The van der Waals surface area contributed by atoms with Crippen LogP contribution in [0.1, 0.15) is 24.1 Å². The molecule has 0 bridgehead atoms. The number of hydrogen-bond acceptors (Lipinski definition) is 6. The van der Waals surface area contributed by atoms with Crippen LogP contribution in [0.5, 0.6) is 0 Å². The number of aromatic amines is 1. The van der Waals surface area contributed by atoms with Crippen molar-refractivity contribution in [3.8, 4) is 5.69 Å². The van der Waals surface area contributed by atoms with Crippen molar-refractivity contribution in [2.75, 3.05) is 24.6 Å². The van der Waals surface area contributed by atoms with Crippen LogP contribution in [0.15, 0.2) is 49.1 Å². The largest absolute Gasteiger partial charge is 0.368 e. The van der Waals surface area contributed by atoms with E-state index in [4.69, 9.17) is 9.84 Å². The highest BCUT2D eigenvalue weighted by molar-refractivity contribution is 5.86. The number of aromatic nitrogens is 6. The molecule has 1 saturated heterocycles. The number of benzene rings is 1. The SMILES string of the molecule is c1ccc(-n2cc3c(n2)C2(CCN(c4ncnc5[nH]ncc45)CC2)OCC3)cc1. The van der Waals surface area contributed by atoms with Gasteiger partial charge in [0.2, 0.25) is 0 Å². The van der Waals surface area contributed by atoms with Gasteiger partial charge in [-0.05, 0) is 37.0 Å². The van der Waals surface area contributed by atoms with E-state index in [0.29, 0.717) is 0 Å². The van der Waals surface area contributed by atoms with E-state index in [1.807, 2.05) is 22.9 Å². The summed E-state index contributed by atoms with van der Waals surface area (Å²) in [5.74, 6) is 0.935. The third-order valence-corrected chi connectivity index (χ3v) is 6.09. The Bertz CT molecular complexity index is 1160. The van der Waals surface area contributed by atoms with Crippen LogP contribution in [0.3, 0.4) is 0 Å². The molecule has 1 aromatic carbocycles. The Labute approximate surface area is 167 Å². The molecule has 1 spiro atoms. The summed E-state index contributed by atoms with van der Waals surface area (Å²) in [6.45, 7) is 2.46. The summed E-state index contributed by atoms with van der Waals surface area (Å²) in [6.07, 6.45) is 8.24. The van der Waals surface area contributed by atoms with E-state index in [-0.39, 0.29) is 5.60 Å². The summed E-state index contributed by atoms with van der Waals surface area (Å²) >= 11 is 0. The molecular formula is C21H21N7O. The summed E-state index contributed by atoms with van der Waals surface area (Å²) in [5.41, 5.74) is 3.94. The van der Waals surface area contributed by atoms with Crippen LogP contribution < -0.4 is 4.90 Å². The lowest BCUT2D eigenvalue weighted by molar-refractivity contribution is -0.0797. The Morgan fingerprint density at radius 1 is 1.07 bits per heavy atom. The maximum Gasteiger partial charge on any atom is 0.160 e. The number of nitrogens with zero attached hydrogens (tertiary/aromatic N) is 6. The third-order valence-electron chi connectivity index (χ3n) is 6.09. The second kappa shape index (κ2) is 6.38. The van der Waals surface area contributed by atoms with Gasteiger partial charge in [-0.15, -0.1) is 0 Å². The second-order valence-electron chi connectivity index (χ2n) is 7.69. The van der Waals surface area contributed by atoms with Gasteiger partial charge in [0.15, 0.2) is 5.65 Å². The molecule has 0 aliphatic carbocycles. The number of anilines is 1. The van der Waals surface area contributed by atoms with E-state index >= 15 is 0 Å². The fourth-order valence-corrected chi connectivity index (χ4v) is 4.58. The minimum Gasteiger partial charge on any atom is -0.368 e. The average Bonchev–Trinajstić information content (AvgIpc) is 3.43. The molecule has 6 rings (SSSR count). The lowest BCUT2D eigenvalue weighted by Crippen LogP contribution is -2.47. The highest BCUT2D eigenvalue weighted by atomic mass is 16.5. The third kappa shape index (κ3) is 2.63. The molecule has 1 fully saturated rings. The second-order valence-corrected chi connectivity index (χ2v) is 7.69. The maximum atomic E-state index is 6.39. The summed E-state index contributed by atoms with van der Waals surface area (Å²) in [5, 5.41) is 13.0. The Hall–Kier alpha value is -3.26. The van der Waals surface area contributed by atoms with Crippen LogP contribution in [0.2, 0.25) is 0 Å². The Balaban J connectivity index is 1.30. The van der Waals surface area contributed by atoms with Gasteiger partial charge < -0.3 is 9.64 Å². The van der Waals surface area contributed by atoms with E-state index in [1.54, 1.807) is 12.5 Å². The quantitative estimate of drug-likeness (QED) is 0.569. The predicted octanol–water partition coefficient (Wildman–Crippen LogP) is 2.61. The molecule has 0 saturated carbocycles. The molecule has 4 aromatic rings. The number of H-pyrrole nitrogens is 1. The first-order valence-corrected chi connectivity index (χ1v) is 10.00. The van der Waals surface area contributed by atoms with E-state index in [2.05, 4.69) is 43.4 Å². The molecule has 0 unspecified atom stereocenters. The first-order valence-electron chi connectivity index (χ1n) is 10.00. The molecule has 8 heteroatoms. The van der Waals surface area contributed by atoms with Gasteiger partial charge in [-0.25, -0.2) is 14.6 Å². The number of fused-ring (bicyclic) bond motifs is 3. The smallest absolute Gasteiger partial charge is 0.160 e. The fraction of sp³-hybridized carbons (Fsp3) is 0.333. The molecule has 0 radical (unpaired) electrons. The lowest BCUT2D eigenvalue weighted by atomic mass is 9.84.